The van der Waals surface area contributed by atoms with Crippen LogP contribution in [0.5, 0.6) is 0 Å². The highest BCUT2D eigenvalue weighted by atomic mass is 32.3. The highest BCUT2D eigenvalue weighted by molar-refractivity contribution is 7.79. The van der Waals surface area contributed by atoms with Crippen LogP contribution in [-0.2, 0) is 10.4 Å². The molecule has 0 aromatic heterocycles. The average molecular weight is 244 g/mol. The lowest BCUT2D eigenvalue weighted by molar-refractivity contribution is 0.220. The molecular formula is C4H16N6O4S. The third kappa shape index (κ3) is 7.55. The maximum atomic E-state index is 8.74. The lowest BCUT2D eigenvalue weighted by atomic mass is 10.1. The lowest BCUT2D eigenvalue weighted by Gasteiger charge is -2.36. The molecule has 10 nitrogen and oxygen atoms in total. The Balaban J connectivity index is 0.000000336. The van der Waals surface area contributed by atoms with Crippen LogP contribution in [0, 0.1) is 0 Å². The maximum Gasteiger partial charge on any atom is 0.394 e. The Kier molecular flexibility index (Phi) is 5.50. The van der Waals surface area contributed by atoms with Crippen molar-refractivity contribution in [2.24, 2.45) is 22.9 Å². The van der Waals surface area contributed by atoms with E-state index in [-0.39, 0.29) is 24.7 Å². The summed E-state index contributed by atoms with van der Waals surface area (Å²) in [5.41, 5.74) is 22.0. The number of rotatable bonds is 0. The molecule has 0 aromatic rings. The minimum Gasteiger partial charge on any atom is -0.323 e. The molecule has 2 atom stereocenters. The van der Waals surface area contributed by atoms with E-state index in [9.17, 15) is 0 Å². The second-order valence-corrected chi connectivity index (χ2v) is 3.78. The van der Waals surface area contributed by atoms with E-state index in [1.54, 1.807) is 0 Å². The van der Waals surface area contributed by atoms with E-state index in [0.717, 1.165) is 0 Å². The van der Waals surface area contributed by atoms with Gasteiger partial charge in [-0.1, -0.05) is 0 Å². The first-order valence-corrected chi connectivity index (χ1v) is 5.25. The normalized spacial score (nSPS) is 36.7. The van der Waals surface area contributed by atoms with Gasteiger partial charge < -0.3 is 22.9 Å². The molecule has 12 N–H and O–H groups in total. The first-order chi connectivity index (χ1) is 6.61. The molecule has 92 valence electrons. The van der Waals surface area contributed by atoms with Gasteiger partial charge in [-0.05, 0) is 0 Å². The largest absolute Gasteiger partial charge is 0.394 e. The van der Waals surface area contributed by atoms with Gasteiger partial charge in [-0.3, -0.25) is 19.7 Å². The SMILES string of the molecule is NC1NC(N)C(N)C(N)N1.O=S(=O)(O)O. The Morgan fingerprint density at radius 3 is 1.47 bits per heavy atom. The van der Waals surface area contributed by atoms with Crippen LogP contribution in [0.3, 0.4) is 0 Å². The van der Waals surface area contributed by atoms with Gasteiger partial charge in [-0.25, -0.2) is 0 Å². The first-order valence-electron chi connectivity index (χ1n) is 3.85. The molecule has 0 aromatic carbocycles. The third-order valence-electron chi connectivity index (χ3n) is 1.57. The van der Waals surface area contributed by atoms with Gasteiger partial charge >= 0.3 is 10.4 Å². The van der Waals surface area contributed by atoms with Crippen molar-refractivity contribution in [3.63, 3.8) is 0 Å². The van der Waals surface area contributed by atoms with Crippen molar-refractivity contribution in [2.75, 3.05) is 0 Å². The van der Waals surface area contributed by atoms with Crippen molar-refractivity contribution < 1.29 is 17.5 Å². The Morgan fingerprint density at radius 1 is 0.933 bits per heavy atom. The van der Waals surface area contributed by atoms with E-state index in [4.69, 9.17) is 40.5 Å². The van der Waals surface area contributed by atoms with Gasteiger partial charge in [0.15, 0.2) is 0 Å². The lowest BCUT2D eigenvalue weighted by Crippen LogP contribution is -2.76. The van der Waals surface area contributed by atoms with Gasteiger partial charge in [0.25, 0.3) is 0 Å². The van der Waals surface area contributed by atoms with Gasteiger partial charge in [0.05, 0.1) is 18.4 Å². The van der Waals surface area contributed by atoms with Gasteiger partial charge in [0.2, 0.25) is 0 Å². The highest BCUT2D eigenvalue weighted by Crippen LogP contribution is 1.92. The average Bonchev–Trinajstić information content (AvgIpc) is 1.96. The monoisotopic (exact) mass is 244 g/mol. The van der Waals surface area contributed by atoms with Crippen molar-refractivity contribution in [1.82, 2.24) is 10.6 Å². The fourth-order valence-corrected chi connectivity index (χ4v) is 0.908. The maximum absolute atomic E-state index is 8.74. The topological polar surface area (TPSA) is 203 Å². The minimum absolute atomic E-state index is 0.292. The van der Waals surface area contributed by atoms with Crippen LogP contribution >= 0.6 is 0 Å². The first kappa shape index (κ1) is 14.6. The molecule has 0 aliphatic carbocycles. The second-order valence-electron chi connectivity index (χ2n) is 2.89. The molecule has 11 heteroatoms. The standard InChI is InChI=1S/C4H14N6.H2O4S/c5-1-2(6)9-4(8)10-3(1)7;1-5(2,3)4/h1-4,9-10H,5-8H2;(H2,1,2,3,4). The predicted molar refractivity (Wildman–Crippen MR) is 52.4 cm³/mol. The summed E-state index contributed by atoms with van der Waals surface area (Å²) in [5, 5.41) is 5.60. The molecule has 0 spiro atoms. The molecule has 1 aliphatic heterocycles. The van der Waals surface area contributed by atoms with Crippen LogP contribution in [0.4, 0.5) is 0 Å². The van der Waals surface area contributed by atoms with Crippen molar-refractivity contribution in [3.8, 4) is 0 Å². The third-order valence-corrected chi connectivity index (χ3v) is 1.57. The van der Waals surface area contributed by atoms with E-state index < -0.39 is 10.4 Å². The summed E-state index contributed by atoms with van der Waals surface area (Å²) in [4.78, 5) is 0. The van der Waals surface area contributed by atoms with Crippen LogP contribution in [0.15, 0.2) is 0 Å². The summed E-state index contributed by atoms with van der Waals surface area (Å²) in [6.45, 7) is 0. The van der Waals surface area contributed by atoms with E-state index in [1.165, 1.54) is 0 Å². The van der Waals surface area contributed by atoms with E-state index in [0.29, 0.717) is 0 Å². The second kappa shape index (κ2) is 5.64. The van der Waals surface area contributed by atoms with Crippen LogP contribution in [0.1, 0.15) is 0 Å². The Labute approximate surface area is 86.9 Å². The minimum atomic E-state index is -4.67. The Hall–Kier alpha value is -0.370. The van der Waals surface area contributed by atoms with E-state index in [2.05, 4.69) is 10.6 Å². The zero-order chi connectivity index (χ0) is 12.2. The van der Waals surface area contributed by atoms with Gasteiger partial charge in [0.1, 0.15) is 6.29 Å². The summed E-state index contributed by atoms with van der Waals surface area (Å²) in [6, 6.07) is -0.292. The van der Waals surface area contributed by atoms with Crippen LogP contribution in [0.25, 0.3) is 0 Å². The fraction of sp³-hybridized carbons (Fsp3) is 1.00. The van der Waals surface area contributed by atoms with Crippen molar-refractivity contribution in [1.29, 1.82) is 0 Å². The molecule has 0 bridgehead atoms. The molecule has 0 amide bonds. The Bertz CT molecular complexity index is 263. The van der Waals surface area contributed by atoms with Gasteiger partial charge in [-0.15, -0.1) is 0 Å². The molecule has 1 aliphatic rings. The number of hydrogen-bond acceptors (Lipinski definition) is 8. The van der Waals surface area contributed by atoms with Crippen LogP contribution in [-0.4, -0.2) is 42.2 Å². The molecule has 1 heterocycles. The van der Waals surface area contributed by atoms with Gasteiger partial charge in [0, 0.05) is 0 Å². The van der Waals surface area contributed by atoms with Crippen LogP contribution in [0.2, 0.25) is 0 Å². The molecule has 1 fully saturated rings. The summed E-state index contributed by atoms with van der Waals surface area (Å²) in [5.74, 6) is 0. The predicted octanol–water partition coefficient (Wildman–Crippen LogP) is -4.33. The molecule has 0 radical (unpaired) electrons. The number of nitrogens with one attached hydrogen (secondary N) is 2. The summed E-state index contributed by atoms with van der Waals surface area (Å²) < 4.78 is 31.6. The summed E-state index contributed by atoms with van der Waals surface area (Å²) in [7, 11) is -4.67. The quantitative estimate of drug-likeness (QED) is 0.192. The molecule has 1 saturated heterocycles. The molecule has 1 rings (SSSR count). The van der Waals surface area contributed by atoms with Gasteiger partial charge in [-0.2, -0.15) is 8.42 Å². The molecule has 2 unspecified atom stereocenters. The molecular weight excluding hydrogens is 228 g/mol. The van der Waals surface area contributed by atoms with Crippen molar-refractivity contribution in [2.45, 2.75) is 24.7 Å². The summed E-state index contributed by atoms with van der Waals surface area (Å²) in [6.07, 6.45) is -1.01. The molecule has 15 heavy (non-hydrogen) atoms. The smallest absolute Gasteiger partial charge is 0.323 e. The van der Waals surface area contributed by atoms with Crippen molar-refractivity contribution >= 4 is 10.4 Å². The van der Waals surface area contributed by atoms with Crippen molar-refractivity contribution in [3.05, 3.63) is 0 Å². The number of nitrogens with two attached hydrogens (primary N) is 4. The fourth-order valence-electron chi connectivity index (χ4n) is 0.908. The molecule has 0 saturated carbocycles. The van der Waals surface area contributed by atoms with E-state index in [1.807, 2.05) is 0 Å². The summed E-state index contributed by atoms with van der Waals surface area (Å²) >= 11 is 0. The van der Waals surface area contributed by atoms with E-state index >= 15 is 0 Å². The van der Waals surface area contributed by atoms with Crippen LogP contribution < -0.4 is 33.6 Å². The number of hydrogen-bond donors (Lipinski definition) is 8. The highest BCUT2D eigenvalue weighted by Gasteiger charge is 2.27. The zero-order valence-electron chi connectivity index (χ0n) is 7.74. The zero-order valence-corrected chi connectivity index (χ0v) is 8.55. The Morgan fingerprint density at radius 2 is 1.20 bits per heavy atom.